The van der Waals surface area contributed by atoms with Gasteiger partial charge in [-0.2, -0.15) is 14.1 Å². The van der Waals surface area contributed by atoms with Crippen molar-refractivity contribution >= 4 is 11.8 Å². The normalized spacial score (nSPS) is 10.4. The maximum Gasteiger partial charge on any atom is 0.501 e. The Kier molecular flexibility index (Phi) is 5.22. The number of benzene rings is 1. The van der Waals surface area contributed by atoms with Crippen molar-refractivity contribution in [3.8, 4) is 11.3 Å². The number of rotatable bonds is 6. The molecule has 0 fully saturated rings. The lowest BCUT2D eigenvalue weighted by atomic mass is 10.1. The third-order valence-electron chi connectivity index (χ3n) is 3.29. The molecule has 0 aliphatic heterocycles. The van der Waals surface area contributed by atoms with E-state index in [9.17, 15) is 10.0 Å². The van der Waals surface area contributed by atoms with E-state index in [0.29, 0.717) is 22.5 Å². The lowest BCUT2D eigenvalue weighted by molar-refractivity contribution is -0.634. The van der Waals surface area contributed by atoms with E-state index < -0.39 is 5.69 Å². The Balaban J connectivity index is 2.73. The predicted molar refractivity (Wildman–Crippen MR) is 91.0 cm³/mol. The summed E-state index contributed by atoms with van der Waals surface area (Å²) < 4.78 is 1.86. The summed E-state index contributed by atoms with van der Waals surface area (Å²) in [4.78, 5) is 13.4. The van der Waals surface area contributed by atoms with E-state index in [4.69, 9.17) is 0 Å². The average Bonchev–Trinajstić information content (AvgIpc) is 2.54. The Hall–Kier alpha value is -2.27. The zero-order valence-electron chi connectivity index (χ0n) is 12.5. The van der Waals surface area contributed by atoms with Crippen LogP contribution in [0.4, 0.5) is 0 Å². The van der Waals surface area contributed by atoms with Crippen molar-refractivity contribution in [2.45, 2.75) is 17.9 Å². The first-order chi connectivity index (χ1) is 10.6. The molecule has 0 N–H and O–H groups in total. The lowest BCUT2D eigenvalue weighted by Gasteiger charge is -2.13. The van der Waals surface area contributed by atoms with Crippen LogP contribution in [-0.2, 0) is 13.0 Å². The second-order valence-electron chi connectivity index (χ2n) is 4.72. The summed E-state index contributed by atoms with van der Waals surface area (Å²) >= 11 is 1.63. The van der Waals surface area contributed by atoms with Gasteiger partial charge < -0.3 is 5.21 Å². The molecule has 4 nitrogen and oxygen atoms in total. The molecule has 0 radical (unpaired) electrons. The van der Waals surface area contributed by atoms with E-state index in [-0.39, 0.29) is 6.54 Å². The summed E-state index contributed by atoms with van der Waals surface area (Å²) in [6, 6.07) is 9.63. The minimum Gasteiger partial charge on any atom is -0.708 e. The molecule has 0 bridgehead atoms. The van der Waals surface area contributed by atoms with Crippen LogP contribution < -0.4 is 10.4 Å². The number of allylic oxidation sites excluding steroid dienone is 2. The summed E-state index contributed by atoms with van der Waals surface area (Å²) in [5.74, 6) is 0. The molecule has 0 unspecified atom stereocenters. The smallest absolute Gasteiger partial charge is 0.501 e. The van der Waals surface area contributed by atoms with Crippen molar-refractivity contribution < 1.29 is 4.73 Å². The summed E-state index contributed by atoms with van der Waals surface area (Å²) in [7, 11) is 0. The summed E-state index contributed by atoms with van der Waals surface area (Å²) in [5, 5.41) is 12.1. The quantitative estimate of drug-likeness (QED) is 0.356. The van der Waals surface area contributed by atoms with Crippen molar-refractivity contribution in [1.82, 2.24) is 4.57 Å². The Morgan fingerprint density at radius 3 is 2.73 bits per heavy atom. The number of aromatic nitrogens is 2. The van der Waals surface area contributed by atoms with Crippen molar-refractivity contribution in [3.63, 3.8) is 0 Å². The first-order valence-electron chi connectivity index (χ1n) is 6.84. The fraction of sp³-hybridized carbons (Fsp3) is 0.176. The van der Waals surface area contributed by atoms with E-state index >= 15 is 0 Å². The highest BCUT2D eigenvalue weighted by Crippen LogP contribution is 2.24. The second kappa shape index (κ2) is 7.13. The number of thioether (sulfide) groups is 1. The van der Waals surface area contributed by atoms with E-state index in [1.165, 1.54) is 4.57 Å². The van der Waals surface area contributed by atoms with Crippen LogP contribution in [-0.4, -0.2) is 10.8 Å². The van der Waals surface area contributed by atoms with Crippen molar-refractivity contribution in [3.05, 3.63) is 77.0 Å². The van der Waals surface area contributed by atoms with E-state index in [1.807, 2.05) is 30.5 Å². The third kappa shape index (κ3) is 3.14. The van der Waals surface area contributed by atoms with Gasteiger partial charge in [0.15, 0.2) is 0 Å². The van der Waals surface area contributed by atoms with Gasteiger partial charge >= 0.3 is 5.69 Å². The van der Waals surface area contributed by atoms with Gasteiger partial charge in [0.05, 0.1) is 0 Å². The summed E-state index contributed by atoms with van der Waals surface area (Å²) in [6.07, 6.45) is 5.57. The fourth-order valence-electron chi connectivity index (χ4n) is 2.25. The van der Waals surface area contributed by atoms with Crippen LogP contribution in [0.25, 0.3) is 11.3 Å². The van der Waals surface area contributed by atoms with E-state index in [1.54, 1.807) is 30.0 Å². The zero-order chi connectivity index (χ0) is 16.1. The zero-order valence-corrected chi connectivity index (χ0v) is 13.3. The fourth-order valence-corrected chi connectivity index (χ4v) is 2.71. The largest absolute Gasteiger partial charge is 0.708 e. The molecule has 114 valence electrons. The van der Waals surface area contributed by atoms with Gasteiger partial charge in [-0.3, -0.25) is 0 Å². The minimum atomic E-state index is -0.594. The SMILES string of the molecule is C=CCc1cc(-c2cccc(SC)c2)n(CC=C)c(=O)[n+]1[O-]. The van der Waals surface area contributed by atoms with Gasteiger partial charge in [-0.05, 0) is 18.4 Å². The first-order valence-corrected chi connectivity index (χ1v) is 8.07. The molecule has 1 aromatic carbocycles. The monoisotopic (exact) mass is 314 g/mol. The highest BCUT2D eigenvalue weighted by atomic mass is 32.2. The summed E-state index contributed by atoms with van der Waals surface area (Å²) in [5.41, 5.74) is 1.41. The number of hydrogen-bond donors (Lipinski definition) is 0. The minimum absolute atomic E-state index is 0.286. The molecular formula is C17H18N2O2S. The number of nitrogens with zero attached hydrogens (tertiary/aromatic N) is 2. The van der Waals surface area contributed by atoms with Crippen molar-refractivity contribution in [1.29, 1.82) is 0 Å². The topological polar surface area (TPSA) is 48.9 Å². The molecular weight excluding hydrogens is 296 g/mol. The molecule has 0 spiro atoms. The first kappa shape index (κ1) is 16.1. The van der Waals surface area contributed by atoms with Crippen LogP contribution in [0.1, 0.15) is 5.69 Å². The van der Waals surface area contributed by atoms with Gasteiger partial charge in [0.2, 0.25) is 0 Å². The summed E-state index contributed by atoms with van der Waals surface area (Å²) in [6.45, 7) is 7.58. The van der Waals surface area contributed by atoms with Gasteiger partial charge in [-0.1, -0.05) is 30.9 Å². The van der Waals surface area contributed by atoms with Crippen LogP contribution >= 0.6 is 11.8 Å². The molecule has 0 amide bonds. The highest BCUT2D eigenvalue weighted by Gasteiger charge is 2.18. The number of hydrogen-bond acceptors (Lipinski definition) is 3. The Bertz CT molecular complexity index is 766. The van der Waals surface area contributed by atoms with Crippen LogP contribution in [0.15, 0.2) is 65.3 Å². The van der Waals surface area contributed by atoms with Crippen LogP contribution in [0, 0.1) is 5.21 Å². The standard InChI is InChI=1S/C17H18N2O2S/c1-4-7-14-12-16(13-8-6-9-15(11-13)22-3)18(10-5-2)17(20)19(14)21/h4-6,8-9,11-12H,1-2,7,10H2,3H3. The Morgan fingerprint density at radius 1 is 1.32 bits per heavy atom. The Labute approximate surface area is 134 Å². The molecule has 1 aromatic heterocycles. The average molecular weight is 314 g/mol. The molecule has 1 heterocycles. The van der Waals surface area contributed by atoms with Gasteiger partial charge in [0, 0.05) is 22.9 Å². The molecule has 0 saturated carbocycles. The van der Waals surface area contributed by atoms with Gasteiger partial charge in [-0.15, -0.1) is 18.3 Å². The maximum atomic E-state index is 12.3. The lowest BCUT2D eigenvalue weighted by Crippen LogP contribution is -2.53. The van der Waals surface area contributed by atoms with Crippen molar-refractivity contribution in [2.24, 2.45) is 0 Å². The highest BCUT2D eigenvalue weighted by molar-refractivity contribution is 7.98. The molecule has 0 saturated heterocycles. The Morgan fingerprint density at radius 2 is 2.09 bits per heavy atom. The van der Waals surface area contributed by atoms with Gasteiger partial charge in [0.25, 0.3) is 0 Å². The van der Waals surface area contributed by atoms with Crippen LogP contribution in [0.3, 0.4) is 0 Å². The molecule has 0 aliphatic rings. The van der Waals surface area contributed by atoms with Crippen LogP contribution in [0.2, 0.25) is 0 Å². The third-order valence-corrected chi connectivity index (χ3v) is 4.02. The van der Waals surface area contributed by atoms with E-state index in [2.05, 4.69) is 13.2 Å². The molecule has 0 aliphatic carbocycles. The molecule has 0 atom stereocenters. The van der Waals surface area contributed by atoms with E-state index in [0.717, 1.165) is 10.5 Å². The van der Waals surface area contributed by atoms with Gasteiger partial charge in [-0.25, -0.2) is 0 Å². The maximum absolute atomic E-state index is 12.3. The van der Waals surface area contributed by atoms with Crippen LogP contribution in [0.5, 0.6) is 0 Å². The molecule has 2 rings (SSSR count). The van der Waals surface area contributed by atoms with Gasteiger partial charge in [0.1, 0.15) is 17.9 Å². The molecule has 2 aromatic rings. The second-order valence-corrected chi connectivity index (χ2v) is 5.60. The molecule has 22 heavy (non-hydrogen) atoms. The predicted octanol–water partition coefficient (Wildman–Crippen LogP) is 2.79. The molecule has 5 heteroatoms. The van der Waals surface area contributed by atoms with Crippen molar-refractivity contribution in [2.75, 3.05) is 6.26 Å².